The zero-order valence-corrected chi connectivity index (χ0v) is 11.9. The average Bonchev–Trinajstić information content (AvgIpc) is 2.86. The number of aryl methyl sites for hydroxylation is 2. The van der Waals surface area contributed by atoms with Crippen LogP contribution >= 0.6 is 0 Å². The van der Waals surface area contributed by atoms with Crippen LogP contribution < -0.4 is 0 Å². The summed E-state index contributed by atoms with van der Waals surface area (Å²) in [7, 11) is 0. The molecule has 4 nitrogen and oxygen atoms in total. The number of carbonyl (C=O) groups excluding carboxylic acids is 1. The van der Waals surface area contributed by atoms with Gasteiger partial charge in [-0.1, -0.05) is 54.5 Å². The molecule has 0 spiro atoms. The number of carbonyl (C=O) groups is 1. The van der Waals surface area contributed by atoms with Crippen LogP contribution in [0.4, 0.5) is 0 Å². The first kappa shape index (κ1) is 14.2. The fourth-order valence-electron chi connectivity index (χ4n) is 1.91. The number of aldehydes is 1. The molecule has 0 amide bonds. The molecule has 1 heterocycles. The molecule has 0 aliphatic heterocycles. The summed E-state index contributed by atoms with van der Waals surface area (Å²) in [6.07, 6.45) is 6.74. The summed E-state index contributed by atoms with van der Waals surface area (Å²) in [5, 5.41) is 7.94. The van der Waals surface area contributed by atoms with Crippen LogP contribution in [0.2, 0.25) is 0 Å². The second-order valence-corrected chi connectivity index (χ2v) is 4.80. The maximum absolute atomic E-state index is 11.0. The smallest absolute Gasteiger partial charge is 0.172 e. The van der Waals surface area contributed by atoms with E-state index in [-0.39, 0.29) is 0 Å². The Bertz CT molecular complexity index is 597. The summed E-state index contributed by atoms with van der Waals surface area (Å²) in [6, 6.07) is 8.22. The molecule has 0 saturated heterocycles. The van der Waals surface area contributed by atoms with Crippen molar-refractivity contribution in [1.29, 1.82) is 0 Å². The summed E-state index contributed by atoms with van der Waals surface area (Å²) >= 11 is 0. The molecule has 0 aliphatic carbocycles. The molecule has 20 heavy (non-hydrogen) atoms. The van der Waals surface area contributed by atoms with Crippen molar-refractivity contribution >= 4 is 18.4 Å². The molecule has 4 heteroatoms. The zero-order valence-electron chi connectivity index (χ0n) is 11.9. The number of rotatable bonds is 6. The highest BCUT2D eigenvalue weighted by atomic mass is 16.1. The van der Waals surface area contributed by atoms with E-state index < -0.39 is 0 Å². The standard InChI is InChI=1S/C16H19N3O/c1-3-4-11-19-16(15(12-20)17-18-19)10-9-14-7-5-13(2)6-8-14/h5-10,12H,3-4,11H2,1-2H3/b10-9+. The Hall–Kier alpha value is -2.23. The highest BCUT2D eigenvalue weighted by Gasteiger charge is 2.08. The van der Waals surface area contributed by atoms with Gasteiger partial charge < -0.3 is 0 Å². The van der Waals surface area contributed by atoms with Crippen molar-refractivity contribution in [2.45, 2.75) is 33.2 Å². The Labute approximate surface area is 119 Å². The van der Waals surface area contributed by atoms with Gasteiger partial charge in [0.1, 0.15) is 0 Å². The van der Waals surface area contributed by atoms with Gasteiger partial charge in [-0.2, -0.15) is 0 Å². The van der Waals surface area contributed by atoms with Crippen molar-refractivity contribution in [2.75, 3.05) is 0 Å². The fraction of sp³-hybridized carbons (Fsp3) is 0.312. The Balaban J connectivity index is 2.24. The number of hydrogen-bond donors (Lipinski definition) is 0. The highest BCUT2D eigenvalue weighted by molar-refractivity contribution is 5.81. The molecule has 0 bridgehead atoms. The lowest BCUT2D eigenvalue weighted by molar-refractivity contribution is 0.111. The summed E-state index contributed by atoms with van der Waals surface area (Å²) < 4.78 is 1.79. The molecule has 0 unspecified atom stereocenters. The van der Waals surface area contributed by atoms with Gasteiger partial charge in [0.2, 0.25) is 0 Å². The molecule has 2 aromatic rings. The van der Waals surface area contributed by atoms with Gasteiger partial charge >= 0.3 is 0 Å². The van der Waals surface area contributed by atoms with Crippen molar-refractivity contribution in [1.82, 2.24) is 15.0 Å². The zero-order chi connectivity index (χ0) is 14.4. The van der Waals surface area contributed by atoms with E-state index in [2.05, 4.69) is 36.3 Å². The number of benzene rings is 1. The molecular weight excluding hydrogens is 250 g/mol. The van der Waals surface area contributed by atoms with Gasteiger partial charge in [0.05, 0.1) is 5.69 Å². The second kappa shape index (κ2) is 6.80. The van der Waals surface area contributed by atoms with E-state index in [1.165, 1.54) is 5.56 Å². The third-order valence-electron chi connectivity index (χ3n) is 3.15. The van der Waals surface area contributed by atoms with Crippen LogP contribution in [0.3, 0.4) is 0 Å². The lowest BCUT2D eigenvalue weighted by Crippen LogP contribution is -2.02. The van der Waals surface area contributed by atoms with Crippen LogP contribution in [0, 0.1) is 6.92 Å². The molecule has 0 fully saturated rings. The number of nitrogens with zero attached hydrogens (tertiary/aromatic N) is 3. The molecule has 1 aromatic carbocycles. The van der Waals surface area contributed by atoms with E-state index >= 15 is 0 Å². The van der Waals surface area contributed by atoms with Gasteiger partial charge in [-0.15, -0.1) is 5.10 Å². The predicted molar refractivity (Wildman–Crippen MR) is 80.4 cm³/mol. The Morgan fingerprint density at radius 3 is 2.60 bits per heavy atom. The lowest BCUT2D eigenvalue weighted by Gasteiger charge is -2.02. The summed E-state index contributed by atoms with van der Waals surface area (Å²) in [4.78, 5) is 11.0. The topological polar surface area (TPSA) is 47.8 Å². The second-order valence-electron chi connectivity index (χ2n) is 4.80. The quantitative estimate of drug-likeness (QED) is 0.755. The monoisotopic (exact) mass is 269 g/mol. The van der Waals surface area contributed by atoms with Gasteiger partial charge in [0, 0.05) is 6.54 Å². The van der Waals surface area contributed by atoms with E-state index in [1.807, 2.05) is 24.3 Å². The number of hydrogen-bond acceptors (Lipinski definition) is 3. The fourth-order valence-corrected chi connectivity index (χ4v) is 1.91. The van der Waals surface area contributed by atoms with Gasteiger partial charge in [0.25, 0.3) is 0 Å². The number of aromatic nitrogens is 3. The molecular formula is C16H19N3O. The van der Waals surface area contributed by atoms with Crippen molar-refractivity contribution < 1.29 is 4.79 Å². The Morgan fingerprint density at radius 2 is 1.95 bits per heavy atom. The molecule has 2 rings (SSSR count). The largest absolute Gasteiger partial charge is 0.296 e. The van der Waals surface area contributed by atoms with E-state index in [0.717, 1.165) is 36.9 Å². The maximum atomic E-state index is 11.0. The summed E-state index contributed by atoms with van der Waals surface area (Å²) in [5.41, 5.74) is 3.49. The predicted octanol–water partition coefficient (Wildman–Crippen LogP) is 3.37. The van der Waals surface area contributed by atoms with E-state index in [1.54, 1.807) is 4.68 Å². The van der Waals surface area contributed by atoms with E-state index in [0.29, 0.717) is 5.69 Å². The third kappa shape index (κ3) is 3.41. The van der Waals surface area contributed by atoms with Gasteiger partial charge in [0.15, 0.2) is 12.0 Å². The maximum Gasteiger partial charge on any atom is 0.172 e. The SMILES string of the molecule is CCCCn1nnc(C=O)c1/C=C/c1ccc(C)cc1. The van der Waals surface area contributed by atoms with Crippen LogP contribution in [0.1, 0.15) is 47.1 Å². The minimum Gasteiger partial charge on any atom is -0.296 e. The first-order valence-corrected chi connectivity index (χ1v) is 6.88. The minimum atomic E-state index is 0.393. The van der Waals surface area contributed by atoms with Crippen molar-refractivity contribution in [2.24, 2.45) is 0 Å². The molecule has 104 valence electrons. The van der Waals surface area contributed by atoms with Crippen LogP contribution in [0.15, 0.2) is 24.3 Å². The van der Waals surface area contributed by atoms with Gasteiger partial charge in [-0.05, 0) is 25.0 Å². The first-order valence-electron chi connectivity index (χ1n) is 6.88. The van der Waals surface area contributed by atoms with Gasteiger partial charge in [-0.25, -0.2) is 4.68 Å². The summed E-state index contributed by atoms with van der Waals surface area (Å²) in [6.45, 7) is 4.96. The third-order valence-corrected chi connectivity index (χ3v) is 3.15. The normalized spacial score (nSPS) is 11.1. The van der Waals surface area contributed by atoms with Crippen LogP contribution in [0.5, 0.6) is 0 Å². The first-order chi connectivity index (χ1) is 9.74. The lowest BCUT2D eigenvalue weighted by atomic mass is 10.1. The van der Waals surface area contributed by atoms with Crippen molar-refractivity contribution in [3.05, 3.63) is 46.8 Å². The number of unbranched alkanes of at least 4 members (excludes halogenated alkanes) is 1. The van der Waals surface area contributed by atoms with Crippen LogP contribution in [-0.2, 0) is 6.54 Å². The highest BCUT2D eigenvalue weighted by Crippen LogP contribution is 2.12. The molecule has 1 aromatic heterocycles. The van der Waals surface area contributed by atoms with Crippen LogP contribution in [-0.4, -0.2) is 21.3 Å². The van der Waals surface area contributed by atoms with Crippen molar-refractivity contribution in [3.63, 3.8) is 0 Å². The molecule has 0 atom stereocenters. The Kier molecular flexibility index (Phi) is 4.82. The molecule has 0 saturated carbocycles. The molecule has 0 radical (unpaired) electrons. The van der Waals surface area contributed by atoms with E-state index in [4.69, 9.17) is 0 Å². The minimum absolute atomic E-state index is 0.393. The molecule has 0 N–H and O–H groups in total. The van der Waals surface area contributed by atoms with Crippen molar-refractivity contribution in [3.8, 4) is 0 Å². The van der Waals surface area contributed by atoms with Crippen LogP contribution in [0.25, 0.3) is 12.2 Å². The molecule has 0 aliphatic rings. The Morgan fingerprint density at radius 1 is 1.20 bits per heavy atom. The van der Waals surface area contributed by atoms with Gasteiger partial charge in [-0.3, -0.25) is 4.79 Å². The average molecular weight is 269 g/mol. The summed E-state index contributed by atoms with van der Waals surface area (Å²) in [5.74, 6) is 0. The van der Waals surface area contributed by atoms with E-state index in [9.17, 15) is 4.79 Å².